The van der Waals surface area contributed by atoms with Crippen LogP contribution in [0, 0.1) is 6.92 Å². The molecule has 1 N–H and O–H groups in total. The molecule has 2 aliphatic rings. The summed E-state index contributed by atoms with van der Waals surface area (Å²) in [5, 5.41) is 11.8. The minimum Gasteiger partial charge on any atom is -0.503 e. The van der Waals surface area contributed by atoms with Crippen LogP contribution in [0.5, 0.6) is 0 Å². The second-order valence-electron chi connectivity index (χ2n) is 9.20. The summed E-state index contributed by atoms with van der Waals surface area (Å²) in [6.07, 6.45) is 3.82. The summed E-state index contributed by atoms with van der Waals surface area (Å²) in [5.41, 5.74) is 2.15. The van der Waals surface area contributed by atoms with E-state index in [9.17, 15) is 19.5 Å². The predicted molar refractivity (Wildman–Crippen MR) is 142 cm³/mol. The summed E-state index contributed by atoms with van der Waals surface area (Å²) in [6.45, 7) is 4.63. The number of hydrogen-bond acceptors (Lipinski definition) is 8. The van der Waals surface area contributed by atoms with Gasteiger partial charge in [0.25, 0.3) is 5.91 Å². The molecule has 1 atom stereocenters. The fourth-order valence-electron chi connectivity index (χ4n) is 5.08. The fourth-order valence-corrected chi connectivity index (χ4v) is 6.11. The van der Waals surface area contributed by atoms with E-state index < -0.39 is 23.5 Å². The molecule has 0 radical (unpaired) electrons. The van der Waals surface area contributed by atoms with Gasteiger partial charge in [-0.05, 0) is 44.4 Å². The van der Waals surface area contributed by atoms with Crippen LogP contribution < -0.4 is 0 Å². The standard InChI is InChI=1S/C28H28N4O5S/c1-3-37-28(36)31-15-11-20(12-16-31)32-22(18-9-13-29-14-10-18)21(24(34)27(32)35)23(33)25-17(2)30-26(38-25)19-7-5-4-6-8-19/h4-10,13-14,20,22,34H,3,11-12,15-16H2,1-2H3. The third kappa shape index (κ3) is 4.67. The van der Waals surface area contributed by atoms with Gasteiger partial charge in [0.05, 0.1) is 28.8 Å². The zero-order chi connectivity index (χ0) is 26.8. The molecule has 1 fully saturated rings. The normalized spacial score (nSPS) is 18.3. The van der Waals surface area contributed by atoms with Crippen LogP contribution in [0.1, 0.15) is 46.7 Å². The number of aryl methyl sites for hydroxylation is 1. The van der Waals surface area contributed by atoms with Gasteiger partial charge < -0.3 is 19.6 Å². The van der Waals surface area contributed by atoms with Gasteiger partial charge in [-0.1, -0.05) is 30.3 Å². The molecule has 0 bridgehead atoms. The highest BCUT2D eigenvalue weighted by atomic mass is 32.1. The first-order valence-electron chi connectivity index (χ1n) is 12.6. The van der Waals surface area contributed by atoms with Gasteiger partial charge in [0.1, 0.15) is 5.01 Å². The number of carbonyl (C=O) groups excluding carboxylic acids is 3. The van der Waals surface area contributed by atoms with Crippen LogP contribution in [0.3, 0.4) is 0 Å². The summed E-state index contributed by atoms with van der Waals surface area (Å²) in [6, 6.07) is 12.0. The number of carbonyl (C=O) groups is 3. The maximum absolute atomic E-state index is 14.0. The number of likely N-dealkylation sites (tertiary alicyclic amines) is 1. The SMILES string of the molecule is CCOC(=O)N1CCC(N2C(=O)C(O)=C(C(=O)c3sc(-c4ccccc4)nc3C)C2c2ccncc2)CC1. The van der Waals surface area contributed by atoms with Gasteiger partial charge in [-0.25, -0.2) is 9.78 Å². The average Bonchev–Trinajstić information content (AvgIpc) is 3.46. The minimum absolute atomic E-state index is 0.0420. The quantitative estimate of drug-likeness (QED) is 0.457. The molecule has 0 spiro atoms. The van der Waals surface area contributed by atoms with Crippen LogP contribution in [0.15, 0.2) is 66.2 Å². The highest BCUT2D eigenvalue weighted by Crippen LogP contribution is 2.43. The van der Waals surface area contributed by atoms with Gasteiger partial charge >= 0.3 is 6.09 Å². The van der Waals surface area contributed by atoms with Gasteiger partial charge in [-0.3, -0.25) is 14.6 Å². The van der Waals surface area contributed by atoms with Crippen molar-refractivity contribution in [1.29, 1.82) is 0 Å². The first kappa shape index (κ1) is 25.6. The number of pyridine rings is 1. The molecule has 38 heavy (non-hydrogen) atoms. The number of Topliss-reactive ketones (excluding diaryl/α,β-unsaturated/α-hetero) is 1. The molecule has 2 aromatic heterocycles. The highest BCUT2D eigenvalue weighted by Gasteiger charge is 2.48. The van der Waals surface area contributed by atoms with E-state index in [0.717, 1.165) is 5.56 Å². The van der Waals surface area contributed by atoms with Crippen molar-refractivity contribution in [3.05, 3.63) is 82.3 Å². The maximum atomic E-state index is 14.0. The fraction of sp³-hybridized carbons (Fsp3) is 0.321. The number of rotatable bonds is 6. The zero-order valence-corrected chi connectivity index (χ0v) is 22.0. The highest BCUT2D eigenvalue weighted by molar-refractivity contribution is 7.17. The number of benzene rings is 1. The number of piperidine rings is 1. The number of ether oxygens (including phenoxy) is 1. The third-order valence-corrected chi connectivity index (χ3v) is 8.12. The molecule has 1 aromatic carbocycles. The van der Waals surface area contributed by atoms with Crippen molar-refractivity contribution < 1.29 is 24.2 Å². The van der Waals surface area contributed by atoms with Crippen LogP contribution in [0.2, 0.25) is 0 Å². The second kappa shape index (κ2) is 10.7. The van der Waals surface area contributed by atoms with E-state index in [2.05, 4.69) is 9.97 Å². The zero-order valence-electron chi connectivity index (χ0n) is 21.2. The van der Waals surface area contributed by atoms with Crippen molar-refractivity contribution >= 4 is 29.1 Å². The molecule has 4 heterocycles. The molecule has 9 nitrogen and oxygen atoms in total. The Morgan fingerprint density at radius 2 is 1.79 bits per heavy atom. The average molecular weight is 533 g/mol. The largest absolute Gasteiger partial charge is 0.503 e. The van der Waals surface area contributed by atoms with Gasteiger partial charge in [0.15, 0.2) is 5.76 Å². The van der Waals surface area contributed by atoms with Crippen LogP contribution >= 0.6 is 11.3 Å². The Labute approximate surface area is 224 Å². The number of amides is 2. The van der Waals surface area contributed by atoms with Crippen molar-refractivity contribution in [2.24, 2.45) is 0 Å². The molecule has 0 saturated carbocycles. The van der Waals surface area contributed by atoms with Crippen molar-refractivity contribution in [1.82, 2.24) is 19.8 Å². The van der Waals surface area contributed by atoms with Gasteiger partial charge in [-0.2, -0.15) is 0 Å². The number of aliphatic hydroxyl groups is 1. The van der Waals surface area contributed by atoms with E-state index >= 15 is 0 Å². The van der Waals surface area contributed by atoms with Crippen LogP contribution in [-0.4, -0.2) is 68.4 Å². The Morgan fingerprint density at radius 1 is 1.11 bits per heavy atom. The Bertz CT molecular complexity index is 1380. The van der Waals surface area contributed by atoms with Crippen molar-refractivity contribution in [2.45, 2.75) is 38.8 Å². The molecule has 1 saturated heterocycles. The maximum Gasteiger partial charge on any atom is 0.409 e. The Kier molecular flexibility index (Phi) is 7.24. The molecule has 0 aliphatic carbocycles. The van der Waals surface area contributed by atoms with E-state index in [4.69, 9.17) is 4.74 Å². The topological polar surface area (TPSA) is 113 Å². The Balaban J connectivity index is 1.48. The van der Waals surface area contributed by atoms with Gasteiger partial charge in [0.2, 0.25) is 5.78 Å². The lowest BCUT2D eigenvalue weighted by Crippen LogP contribution is -2.48. The molecule has 196 valence electrons. The number of hydrogen-bond donors (Lipinski definition) is 1. The van der Waals surface area contributed by atoms with Crippen molar-refractivity contribution in [3.63, 3.8) is 0 Å². The molecule has 5 rings (SSSR count). The number of ketones is 1. The number of thiazole rings is 1. The van der Waals surface area contributed by atoms with E-state index in [0.29, 0.717) is 53.7 Å². The molecule has 2 amide bonds. The number of aromatic nitrogens is 2. The molecular formula is C28H28N4O5S. The Hall–Kier alpha value is -4.05. The van der Waals surface area contributed by atoms with Gasteiger partial charge in [0, 0.05) is 37.1 Å². The smallest absolute Gasteiger partial charge is 0.409 e. The Morgan fingerprint density at radius 3 is 2.45 bits per heavy atom. The van der Waals surface area contributed by atoms with E-state index in [1.165, 1.54) is 11.3 Å². The van der Waals surface area contributed by atoms with E-state index in [1.807, 2.05) is 30.3 Å². The van der Waals surface area contributed by atoms with Crippen LogP contribution in [-0.2, 0) is 9.53 Å². The van der Waals surface area contributed by atoms with Crippen molar-refractivity contribution in [2.75, 3.05) is 19.7 Å². The van der Waals surface area contributed by atoms with E-state index in [-0.39, 0.29) is 17.7 Å². The molecule has 1 unspecified atom stereocenters. The van der Waals surface area contributed by atoms with Gasteiger partial charge in [-0.15, -0.1) is 11.3 Å². The van der Waals surface area contributed by atoms with Crippen molar-refractivity contribution in [3.8, 4) is 10.6 Å². The first-order valence-corrected chi connectivity index (χ1v) is 13.4. The number of nitrogens with zero attached hydrogens (tertiary/aromatic N) is 4. The second-order valence-corrected chi connectivity index (χ2v) is 10.2. The lowest BCUT2D eigenvalue weighted by atomic mass is 9.93. The lowest BCUT2D eigenvalue weighted by Gasteiger charge is -2.39. The minimum atomic E-state index is -0.779. The van der Waals surface area contributed by atoms with E-state index in [1.54, 1.807) is 48.2 Å². The lowest BCUT2D eigenvalue weighted by molar-refractivity contribution is -0.132. The summed E-state index contributed by atoms with van der Waals surface area (Å²) in [5.74, 6) is -1.55. The third-order valence-electron chi connectivity index (χ3n) is 6.92. The summed E-state index contributed by atoms with van der Waals surface area (Å²) in [4.78, 5) is 51.9. The predicted octanol–water partition coefficient (Wildman–Crippen LogP) is 4.71. The summed E-state index contributed by atoms with van der Waals surface area (Å²) >= 11 is 1.25. The first-order chi connectivity index (χ1) is 18.4. The summed E-state index contributed by atoms with van der Waals surface area (Å²) < 4.78 is 5.12. The number of aliphatic hydroxyl groups excluding tert-OH is 1. The molecule has 2 aliphatic heterocycles. The monoisotopic (exact) mass is 532 g/mol. The molecule has 3 aromatic rings. The van der Waals surface area contributed by atoms with Crippen LogP contribution in [0.25, 0.3) is 10.6 Å². The molecular weight excluding hydrogens is 504 g/mol. The van der Waals surface area contributed by atoms with Crippen LogP contribution in [0.4, 0.5) is 4.79 Å². The molecule has 10 heteroatoms. The summed E-state index contributed by atoms with van der Waals surface area (Å²) in [7, 11) is 0.